The van der Waals surface area contributed by atoms with Crippen molar-refractivity contribution in [2.45, 2.75) is 31.6 Å². The molecule has 3 heterocycles. The van der Waals surface area contributed by atoms with Crippen LogP contribution in [0.3, 0.4) is 0 Å². The fourth-order valence-electron chi connectivity index (χ4n) is 3.95. The lowest BCUT2D eigenvalue weighted by Crippen LogP contribution is -2.40. The molecule has 0 spiro atoms. The van der Waals surface area contributed by atoms with Gasteiger partial charge in [0.25, 0.3) is 17.9 Å². The number of amides is 1. The van der Waals surface area contributed by atoms with Crippen LogP contribution in [0.25, 0.3) is 0 Å². The number of alkyl halides is 2. The Labute approximate surface area is 202 Å². The zero-order valence-electron chi connectivity index (χ0n) is 17.6. The Bertz CT molecular complexity index is 1060. The van der Waals surface area contributed by atoms with E-state index in [-0.39, 0.29) is 56.1 Å². The van der Waals surface area contributed by atoms with Gasteiger partial charge in [-0.3, -0.25) is 4.79 Å². The largest absolute Gasteiger partial charge is 0.370 e. The van der Waals surface area contributed by atoms with E-state index in [9.17, 15) is 22.4 Å². The van der Waals surface area contributed by atoms with Gasteiger partial charge in [0, 0.05) is 48.8 Å². The molecule has 0 atom stereocenters. The van der Waals surface area contributed by atoms with Gasteiger partial charge in [-0.2, -0.15) is 13.8 Å². The summed E-state index contributed by atoms with van der Waals surface area (Å²) < 4.78 is 53.6. The first-order valence-electron chi connectivity index (χ1n) is 10.6. The average Bonchev–Trinajstić information content (AvgIpc) is 2.79. The molecule has 1 amide bonds. The molecule has 6 nitrogen and oxygen atoms in total. The van der Waals surface area contributed by atoms with Gasteiger partial charge in [-0.25, -0.2) is 13.8 Å². The van der Waals surface area contributed by atoms with Gasteiger partial charge in [0.15, 0.2) is 0 Å². The maximum atomic E-state index is 13.4. The van der Waals surface area contributed by atoms with Crippen LogP contribution in [0.5, 0.6) is 0 Å². The lowest BCUT2D eigenvalue weighted by Gasteiger charge is -2.32. The molecule has 0 radical (unpaired) electrons. The number of halogens is 5. The summed E-state index contributed by atoms with van der Waals surface area (Å²) in [6.07, 6.45) is -0.176. The van der Waals surface area contributed by atoms with Crippen LogP contribution in [-0.4, -0.2) is 48.0 Å². The lowest BCUT2D eigenvalue weighted by molar-refractivity contribution is -0.0222. The minimum Gasteiger partial charge on any atom is -0.370 e. The number of hydrogen-bond acceptors (Lipinski definition) is 5. The number of piperidine rings is 2. The molecule has 2 aliphatic rings. The van der Waals surface area contributed by atoms with E-state index < -0.39 is 17.9 Å². The fourth-order valence-corrected chi connectivity index (χ4v) is 4.43. The van der Waals surface area contributed by atoms with Crippen LogP contribution >= 0.6 is 22.6 Å². The Morgan fingerprint density at radius 3 is 2.39 bits per heavy atom. The quantitative estimate of drug-likeness (QED) is 0.395. The van der Waals surface area contributed by atoms with E-state index in [0.29, 0.717) is 24.3 Å². The second-order valence-corrected chi connectivity index (χ2v) is 9.30. The molecule has 2 aliphatic heterocycles. The van der Waals surface area contributed by atoms with Gasteiger partial charge in [0.2, 0.25) is 5.95 Å². The van der Waals surface area contributed by atoms with E-state index in [0.717, 1.165) is 3.57 Å². The highest BCUT2D eigenvalue weighted by atomic mass is 127. The van der Waals surface area contributed by atoms with Crippen molar-refractivity contribution in [2.24, 2.45) is 0 Å². The zero-order valence-corrected chi connectivity index (χ0v) is 19.8. The first-order valence-corrected chi connectivity index (χ1v) is 11.6. The summed E-state index contributed by atoms with van der Waals surface area (Å²) in [5.74, 6) is -2.52. The van der Waals surface area contributed by atoms with Crippen molar-refractivity contribution in [3.8, 4) is 0 Å². The number of hydrogen-bond donors (Lipinski definition) is 1. The monoisotopic (exact) mass is 575 g/mol. The molecule has 0 saturated carbocycles. The first-order chi connectivity index (χ1) is 15.7. The smallest absolute Gasteiger partial charge is 0.269 e. The Balaban J connectivity index is 1.50. The molecule has 0 aliphatic carbocycles. The lowest BCUT2D eigenvalue weighted by atomic mass is 10.0. The highest BCUT2D eigenvalue weighted by molar-refractivity contribution is 14.1. The van der Waals surface area contributed by atoms with E-state index >= 15 is 0 Å². The number of anilines is 3. The Kier molecular flexibility index (Phi) is 7.05. The molecule has 1 N–H and O–H groups in total. The molecule has 11 heteroatoms. The normalized spacial score (nSPS) is 18.3. The van der Waals surface area contributed by atoms with E-state index in [4.69, 9.17) is 0 Å². The van der Waals surface area contributed by atoms with E-state index in [1.54, 1.807) is 17.0 Å². The number of carbonyl (C=O) groups excluding carboxylic acids is 1. The number of carbonyl (C=O) groups is 1. The van der Waals surface area contributed by atoms with Crippen molar-refractivity contribution < 1.29 is 22.4 Å². The van der Waals surface area contributed by atoms with Gasteiger partial charge < -0.3 is 15.1 Å². The summed E-state index contributed by atoms with van der Waals surface area (Å²) >= 11 is 2.14. The molecule has 4 rings (SSSR count). The van der Waals surface area contributed by atoms with Crippen LogP contribution < -0.4 is 15.1 Å². The standard InChI is InChI=1S/C22H22F4IN5O/c23-19(24)14-4-9-31(10-5-14)17-13-15(27)1-2-16(17)20(33)29-18-3-8-28-21(30-18)32-11-6-22(25,26)7-12-32/h1-3,8,13H,4-7,9-12H2,(H,28,29,30,33). The number of aromatic nitrogens is 2. The Hall–Kier alpha value is -2.44. The topological polar surface area (TPSA) is 61.4 Å². The van der Waals surface area contributed by atoms with E-state index in [1.807, 2.05) is 11.0 Å². The highest BCUT2D eigenvalue weighted by Gasteiger charge is 2.34. The summed E-state index contributed by atoms with van der Waals surface area (Å²) in [5.41, 5.74) is 1.23. The molecule has 2 saturated heterocycles. The third-order valence-corrected chi connectivity index (χ3v) is 6.51. The van der Waals surface area contributed by atoms with Crippen LogP contribution in [0, 0.1) is 3.57 Å². The molecular formula is C22H22F4IN5O. The highest BCUT2D eigenvalue weighted by Crippen LogP contribution is 2.31. The average molecular weight is 575 g/mol. The number of nitrogens with zero attached hydrogens (tertiary/aromatic N) is 4. The maximum absolute atomic E-state index is 13.4. The van der Waals surface area contributed by atoms with Crippen LogP contribution in [0.1, 0.15) is 36.0 Å². The summed E-state index contributed by atoms with van der Waals surface area (Å²) in [6, 6.07) is 6.89. The van der Waals surface area contributed by atoms with Gasteiger partial charge in [-0.05, 0) is 65.3 Å². The van der Waals surface area contributed by atoms with Crippen molar-refractivity contribution in [2.75, 3.05) is 41.3 Å². The van der Waals surface area contributed by atoms with Gasteiger partial charge >= 0.3 is 0 Å². The summed E-state index contributed by atoms with van der Waals surface area (Å²) in [7, 11) is 0. The molecule has 1 aromatic heterocycles. The van der Waals surface area contributed by atoms with Crippen LogP contribution in [0.4, 0.5) is 35.0 Å². The number of benzene rings is 1. The number of rotatable bonds is 4. The van der Waals surface area contributed by atoms with Crippen molar-refractivity contribution in [3.05, 3.63) is 51.2 Å². The van der Waals surface area contributed by atoms with Crippen LogP contribution in [-0.2, 0) is 0 Å². The summed E-state index contributed by atoms with van der Waals surface area (Å²) in [5, 5.41) is 2.76. The second kappa shape index (κ2) is 9.82. The fraction of sp³-hybridized carbons (Fsp3) is 0.409. The number of nitrogens with one attached hydrogen (secondary N) is 1. The molecule has 2 fully saturated rings. The molecule has 33 heavy (non-hydrogen) atoms. The minimum absolute atomic E-state index is 0.135. The third-order valence-electron chi connectivity index (χ3n) is 5.84. The molecule has 0 unspecified atom stereocenters. The molecule has 1 aromatic carbocycles. The van der Waals surface area contributed by atoms with Crippen molar-refractivity contribution in [3.63, 3.8) is 0 Å². The zero-order chi connectivity index (χ0) is 23.6. The predicted octanol–water partition coefficient (Wildman–Crippen LogP) is 5.32. The summed E-state index contributed by atoms with van der Waals surface area (Å²) in [6.45, 7) is 1.06. The maximum Gasteiger partial charge on any atom is 0.269 e. The second-order valence-electron chi connectivity index (χ2n) is 8.05. The van der Waals surface area contributed by atoms with E-state index in [2.05, 4.69) is 37.9 Å². The van der Waals surface area contributed by atoms with Crippen molar-refractivity contribution in [1.29, 1.82) is 0 Å². The molecular weight excluding hydrogens is 553 g/mol. The van der Waals surface area contributed by atoms with Crippen molar-refractivity contribution >= 4 is 46.0 Å². The Morgan fingerprint density at radius 2 is 1.73 bits per heavy atom. The van der Waals surface area contributed by atoms with Gasteiger partial charge in [-0.1, -0.05) is 0 Å². The van der Waals surface area contributed by atoms with Gasteiger partial charge in [0.1, 0.15) is 5.82 Å². The van der Waals surface area contributed by atoms with Gasteiger partial charge in [-0.15, -0.1) is 0 Å². The first kappa shape index (κ1) is 23.7. The molecule has 176 valence electrons. The summed E-state index contributed by atoms with van der Waals surface area (Å²) in [4.78, 5) is 25.2. The van der Waals surface area contributed by atoms with Crippen molar-refractivity contribution in [1.82, 2.24) is 9.97 Å². The van der Waals surface area contributed by atoms with Crippen LogP contribution in [0.15, 0.2) is 42.1 Å². The van der Waals surface area contributed by atoms with Crippen LogP contribution in [0.2, 0.25) is 0 Å². The third kappa shape index (κ3) is 5.74. The molecule has 0 bridgehead atoms. The molecule has 2 aromatic rings. The SMILES string of the molecule is O=C(Nc1ccnc(N2CCC(F)(F)CC2)n1)c1ccc(I)cc1N1CCC(=C(F)F)CC1. The minimum atomic E-state index is -2.68. The Morgan fingerprint density at radius 1 is 1.03 bits per heavy atom. The van der Waals surface area contributed by atoms with Gasteiger partial charge in [0.05, 0.1) is 11.3 Å². The predicted molar refractivity (Wildman–Crippen MR) is 126 cm³/mol. The van der Waals surface area contributed by atoms with E-state index in [1.165, 1.54) is 12.3 Å².